The van der Waals surface area contributed by atoms with E-state index in [1.807, 2.05) is 45.9 Å². The van der Waals surface area contributed by atoms with E-state index in [2.05, 4.69) is 12.1 Å². The fourth-order valence-electron chi connectivity index (χ4n) is 1.29. The lowest BCUT2D eigenvalue weighted by molar-refractivity contribution is 0.139. The van der Waals surface area contributed by atoms with E-state index in [1.54, 1.807) is 0 Å². The van der Waals surface area contributed by atoms with Crippen LogP contribution in [0.2, 0.25) is 0 Å². The molecule has 2 nitrogen and oxygen atoms in total. The van der Waals surface area contributed by atoms with Gasteiger partial charge in [0.15, 0.2) is 0 Å². The number of hydrogen-bond donors (Lipinski definition) is 0. The molecule has 3 heteroatoms. The van der Waals surface area contributed by atoms with Gasteiger partial charge in [-0.25, -0.2) is 0 Å². The van der Waals surface area contributed by atoms with E-state index in [0.29, 0.717) is 0 Å². The highest BCUT2D eigenvalue weighted by Crippen LogP contribution is 2.01. The Balaban J connectivity index is 2.72. The lowest BCUT2D eigenvalue weighted by Gasteiger charge is -2.18. The topological polar surface area (TPSA) is 18.5 Å². The maximum absolute atomic E-state index is 5.86. The molecule has 1 aromatic rings. The Labute approximate surface area is 97.3 Å². The molecule has 0 fully saturated rings. The van der Waals surface area contributed by atoms with Crippen molar-refractivity contribution in [3.05, 3.63) is 30.3 Å². The van der Waals surface area contributed by atoms with Gasteiger partial charge in [0.05, 0.1) is 0 Å². The van der Waals surface area contributed by atoms with Gasteiger partial charge in [0.25, 0.3) is 0 Å². The Hall–Kier alpha value is -0.328. The van der Waals surface area contributed by atoms with E-state index < -0.39 is 14.8 Å². The second-order valence-corrected chi connectivity index (χ2v) is 5.99. The van der Waals surface area contributed by atoms with E-state index in [0.717, 1.165) is 0 Å². The quantitative estimate of drug-likeness (QED) is 0.711. The summed E-state index contributed by atoms with van der Waals surface area (Å²) in [4.78, 5) is 0. The monoisotopic (exact) mass is 222 g/mol. The van der Waals surface area contributed by atoms with Crippen LogP contribution in [0, 0.1) is 0 Å². The maximum atomic E-state index is 5.86. The smallest absolute Gasteiger partial charge is 0.473 e. The molecule has 0 amide bonds. The van der Waals surface area contributed by atoms with Gasteiger partial charge in [0.1, 0.15) is 0 Å². The van der Waals surface area contributed by atoms with E-state index >= 15 is 0 Å². The molecule has 0 aliphatic heterocycles. The highest BCUT2D eigenvalue weighted by molar-refractivity contribution is 6.61. The molecule has 82 valence electrons. The first-order chi connectivity index (χ1) is 7.09. The molecule has 0 heterocycles. The van der Waals surface area contributed by atoms with Crippen LogP contribution in [-0.2, 0) is 7.58 Å². The minimum Gasteiger partial charge on any atom is -0.473 e. The normalized spacial score (nSPS) is 11.1. The van der Waals surface area contributed by atoms with E-state index in [1.165, 1.54) is 4.43 Å². The van der Waals surface area contributed by atoms with Crippen molar-refractivity contribution in [1.82, 2.24) is 0 Å². The number of rotatable bonds is 5. The Morgan fingerprint density at radius 1 is 0.867 bits per heavy atom. The second-order valence-electron chi connectivity index (χ2n) is 4.11. The minimum absolute atomic E-state index is 0.223. The van der Waals surface area contributed by atoms with Crippen LogP contribution in [0.15, 0.2) is 30.3 Å². The Morgan fingerprint density at radius 3 is 1.73 bits per heavy atom. The lowest BCUT2D eigenvalue weighted by atomic mass is 10.4. The molecule has 0 atom stereocenters. The molecule has 0 saturated heterocycles. The summed E-state index contributed by atoms with van der Waals surface area (Å²) in [5.74, 6) is 0. The molecule has 0 unspecified atom stereocenters. The first-order valence-electron chi connectivity index (χ1n) is 5.45. The Kier molecular flexibility index (Phi) is 5.35. The molecular formula is C12H19AlO2. The van der Waals surface area contributed by atoms with Crippen molar-refractivity contribution >= 4 is 19.2 Å². The van der Waals surface area contributed by atoms with Gasteiger partial charge in [-0.3, -0.25) is 0 Å². The fourth-order valence-corrected chi connectivity index (χ4v) is 3.20. The molecule has 0 aliphatic carbocycles. The van der Waals surface area contributed by atoms with Crippen molar-refractivity contribution in [2.75, 3.05) is 0 Å². The van der Waals surface area contributed by atoms with Crippen molar-refractivity contribution in [2.45, 2.75) is 39.9 Å². The highest BCUT2D eigenvalue weighted by atomic mass is 27.2. The molecule has 0 radical (unpaired) electrons. The van der Waals surface area contributed by atoms with Crippen LogP contribution in [0.4, 0.5) is 0 Å². The predicted molar refractivity (Wildman–Crippen MR) is 64.3 cm³/mol. The zero-order valence-electron chi connectivity index (χ0n) is 9.94. The molecule has 0 aromatic heterocycles. The molecule has 0 spiro atoms. The Bertz CT molecular complexity index is 262. The molecule has 0 bridgehead atoms. The van der Waals surface area contributed by atoms with Gasteiger partial charge in [-0.1, -0.05) is 30.3 Å². The fraction of sp³-hybridized carbons (Fsp3) is 0.500. The van der Waals surface area contributed by atoms with E-state index in [-0.39, 0.29) is 12.2 Å². The summed E-state index contributed by atoms with van der Waals surface area (Å²) < 4.78 is 12.9. The van der Waals surface area contributed by atoms with E-state index in [9.17, 15) is 0 Å². The van der Waals surface area contributed by atoms with Gasteiger partial charge in [0.2, 0.25) is 0 Å². The van der Waals surface area contributed by atoms with Crippen LogP contribution in [0.3, 0.4) is 0 Å². The minimum atomic E-state index is -1.71. The molecule has 15 heavy (non-hydrogen) atoms. The van der Waals surface area contributed by atoms with Crippen LogP contribution < -0.4 is 4.43 Å². The molecule has 1 rings (SSSR count). The second kappa shape index (κ2) is 6.30. The third kappa shape index (κ3) is 4.81. The first kappa shape index (κ1) is 12.7. The predicted octanol–water partition coefficient (Wildman–Crippen LogP) is 2.23. The number of benzene rings is 1. The van der Waals surface area contributed by atoms with Crippen molar-refractivity contribution in [2.24, 2.45) is 0 Å². The lowest BCUT2D eigenvalue weighted by Crippen LogP contribution is -2.40. The van der Waals surface area contributed by atoms with Gasteiger partial charge >= 0.3 is 14.8 Å². The molecule has 0 saturated carbocycles. The summed E-state index contributed by atoms with van der Waals surface area (Å²) in [7, 11) is 0. The van der Waals surface area contributed by atoms with Gasteiger partial charge in [-0.15, -0.1) is 0 Å². The van der Waals surface area contributed by atoms with Crippen LogP contribution in [0.25, 0.3) is 0 Å². The van der Waals surface area contributed by atoms with Crippen molar-refractivity contribution in [3.8, 4) is 0 Å². The maximum Gasteiger partial charge on any atom is 0.718 e. The van der Waals surface area contributed by atoms with Gasteiger partial charge in [0, 0.05) is 12.2 Å². The van der Waals surface area contributed by atoms with Crippen molar-refractivity contribution in [1.29, 1.82) is 0 Å². The van der Waals surface area contributed by atoms with Crippen molar-refractivity contribution < 1.29 is 7.58 Å². The average molecular weight is 222 g/mol. The molecule has 1 aromatic carbocycles. The summed E-state index contributed by atoms with van der Waals surface area (Å²) in [5, 5.41) is 0. The van der Waals surface area contributed by atoms with E-state index in [4.69, 9.17) is 7.58 Å². The summed E-state index contributed by atoms with van der Waals surface area (Å²) >= 11 is -1.71. The van der Waals surface area contributed by atoms with Gasteiger partial charge < -0.3 is 7.58 Å². The number of hydrogen-bond acceptors (Lipinski definition) is 2. The summed E-state index contributed by atoms with van der Waals surface area (Å²) in [5.41, 5.74) is 0. The van der Waals surface area contributed by atoms with Crippen LogP contribution in [-0.4, -0.2) is 27.0 Å². The molecule has 0 N–H and O–H groups in total. The largest absolute Gasteiger partial charge is 0.718 e. The summed E-state index contributed by atoms with van der Waals surface area (Å²) in [6.07, 6.45) is 0.446. The zero-order valence-corrected chi connectivity index (χ0v) is 11.1. The van der Waals surface area contributed by atoms with Gasteiger partial charge in [-0.2, -0.15) is 0 Å². The molecule has 0 aliphatic rings. The van der Waals surface area contributed by atoms with Crippen LogP contribution in [0.5, 0.6) is 0 Å². The molecular weight excluding hydrogens is 203 g/mol. The SMILES string of the molecule is CC(C)[O][Al]([O]C(C)C)[c]1ccccc1. The zero-order chi connectivity index (χ0) is 11.3. The third-order valence-electron chi connectivity index (χ3n) is 1.86. The van der Waals surface area contributed by atoms with Gasteiger partial charge in [-0.05, 0) is 32.1 Å². The standard InChI is InChI=1S/C6H5.2C3H7O.Al/c1-2-4-6-5-3-1;2*1-3(2)4;/h1-5H;2*3H,1-2H3;/q;2*-1;+2. The summed E-state index contributed by atoms with van der Waals surface area (Å²) in [6, 6.07) is 10.2. The van der Waals surface area contributed by atoms with Crippen LogP contribution >= 0.6 is 0 Å². The van der Waals surface area contributed by atoms with Crippen LogP contribution in [0.1, 0.15) is 27.7 Å². The Morgan fingerprint density at radius 2 is 1.33 bits per heavy atom. The van der Waals surface area contributed by atoms with Crippen molar-refractivity contribution in [3.63, 3.8) is 0 Å². The first-order valence-corrected chi connectivity index (χ1v) is 6.97. The third-order valence-corrected chi connectivity index (χ3v) is 4.38. The highest BCUT2D eigenvalue weighted by Gasteiger charge is 2.30. The average Bonchev–Trinajstić information content (AvgIpc) is 2.17. The summed E-state index contributed by atoms with van der Waals surface area (Å²) in [6.45, 7) is 8.19.